The fourth-order valence-electron chi connectivity index (χ4n) is 3.03. The molecule has 2 heteroatoms. The van der Waals surface area contributed by atoms with Crippen LogP contribution in [0.15, 0.2) is 24.3 Å². The first-order valence-electron chi connectivity index (χ1n) is 6.93. The monoisotopic (exact) mass is 230 g/mol. The number of likely N-dealkylation sites (tertiary alicyclic amines) is 1. The highest BCUT2D eigenvalue weighted by Gasteiger charge is 2.17. The van der Waals surface area contributed by atoms with Crippen LogP contribution in [0.4, 0.5) is 0 Å². The zero-order valence-corrected chi connectivity index (χ0v) is 10.6. The van der Waals surface area contributed by atoms with Crippen LogP contribution in [0.3, 0.4) is 0 Å². The minimum Gasteiger partial charge on any atom is -0.302 e. The average Bonchev–Trinajstić information content (AvgIpc) is 2.89. The Balaban J connectivity index is 1.53. The van der Waals surface area contributed by atoms with Gasteiger partial charge < -0.3 is 4.90 Å². The van der Waals surface area contributed by atoms with Gasteiger partial charge in [0.1, 0.15) is 0 Å². The molecule has 2 nitrogen and oxygen atoms in total. The van der Waals surface area contributed by atoms with E-state index in [1.807, 2.05) is 0 Å². The van der Waals surface area contributed by atoms with Crippen LogP contribution in [0.5, 0.6) is 0 Å². The number of hydrogen-bond acceptors (Lipinski definition) is 2. The van der Waals surface area contributed by atoms with Gasteiger partial charge in [0.25, 0.3) is 0 Å². The van der Waals surface area contributed by atoms with Crippen LogP contribution in [0, 0.1) is 0 Å². The van der Waals surface area contributed by atoms with Crippen molar-refractivity contribution in [3.8, 4) is 0 Å². The van der Waals surface area contributed by atoms with Crippen molar-refractivity contribution in [2.24, 2.45) is 0 Å². The van der Waals surface area contributed by atoms with E-state index in [0.29, 0.717) is 0 Å². The van der Waals surface area contributed by atoms with E-state index in [-0.39, 0.29) is 0 Å². The zero-order chi connectivity index (χ0) is 11.5. The topological polar surface area (TPSA) is 6.48 Å². The Morgan fingerprint density at radius 1 is 0.824 bits per heavy atom. The van der Waals surface area contributed by atoms with Crippen molar-refractivity contribution >= 4 is 0 Å². The SMILES string of the molecule is c1ccc2c(c1)CCN(CCN1CCCC1)C2. The molecule has 0 aromatic heterocycles. The van der Waals surface area contributed by atoms with Crippen LogP contribution in [-0.4, -0.2) is 42.5 Å². The predicted molar refractivity (Wildman–Crippen MR) is 71.1 cm³/mol. The Hall–Kier alpha value is -0.860. The van der Waals surface area contributed by atoms with Gasteiger partial charge in [-0.05, 0) is 43.5 Å². The summed E-state index contributed by atoms with van der Waals surface area (Å²) in [5, 5.41) is 0. The van der Waals surface area contributed by atoms with Crippen molar-refractivity contribution in [1.82, 2.24) is 9.80 Å². The summed E-state index contributed by atoms with van der Waals surface area (Å²) < 4.78 is 0. The summed E-state index contributed by atoms with van der Waals surface area (Å²) in [7, 11) is 0. The Bertz CT molecular complexity index is 369. The van der Waals surface area contributed by atoms with Crippen LogP contribution in [0.25, 0.3) is 0 Å². The van der Waals surface area contributed by atoms with Crippen LogP contribution in [0.1, 0.15) is 24.0 Å². The molecule has 0 radical (unpaired) electrons. The van der Waals surface area contributed by atoms with Gasteiger partial charge >= 0.3 is 0 Å². The summed E-state index contributed by atoms with van der Waals surface area (Å²) in [6.07, 6.45) is 4.04. The van der Waals surface area contributed by atoms with Crippen LogP contribution >= 0.6 is 0 Å². The summed E-state index contributed by atoms with van der Waals surface area (Å²) in [6, 6.07) is 8.91. The lowest BCUT2D eigenvalue weighted by molar-refractivity contribution is 0.211. The molecule has 17 heavy (non-hydrogen) atoms. The molecule has 1 aromatic carbocycles. The Morgan fingerprint density at radius 2 is 1.53 bits per heavy atom. The molecule has 0 bridgehead atoms. The van der Waals surface area contributed by atoms with E-state index in [1.165, 1.54) is 52.0 Å². The van der Waals surface area contributed by atoms with E-state index in [1.54, 1.807) is 11.1 Å². The summed E-state index contributed by atoms with van der Waals surface area (Å²) in [5.74, 6) is 0. The largest absolute Gasteiger partial charge is 0.302 e. The van der Waals surface area contributed by atoms with Gasteiger partial charge in [0.2, 0.25) is 0 Å². The molecule has 0 amide bonds. The minimum absolute atomic E-state index is 1.16. The smallest absolute Gasteiger partial charge is 0.0237 e. The van der Waals surface area contributed by atoms with E-state index in [4.69, 9.17) is 0 Å². The third-order valence-corrected chi connectivity index (χ3v) is 4.14. The first-order valence-corrected chi connectivity index (χ1v) is 6.93. The molecule has 3 rings (SSSR count). The van der Waals surface area contributed by atoms with Gasteiger partial charge in [-0.1, -0.05) is 24.3 Å². The number of hydrogen-bond donors (Lipinski definition) is 0. The van der Waals surface area contributed by atoms with E-state index in [9.17, 15) is 0 Å². The lowest BCUT2D eigenvalue weighted by atomic mass is 10.00. The molecule has 2 heterocycles. The Kier molecular flexibility index (Phi) is 3.44. The molecule has 0 spiro atoms. The van der Waals surface area contributed by atoms with Crippen molar-refractivity contribution in [1.29, 1.82) is 0 Å². The van der Waals surface area contributed by atoms with Gasteiger partial charge in [0.05, 0.1) is 0 Å². The van der Waals surface area contributed by atoms with Crippen molar-refractivity contribution in [3.05, 3.63) is 35.4 Å². The van der Waals surface area contributed by atoms with E-state index >= 15 is 0 Å². The maximum Gasteiger partial charge on any atom is 0.0237 e. The summed E-state index contributed by atoms with van der Waals surface area (Å²) >= 11 is 0. The number of nitrogens with zero attached hydrogens (tertiary/aromatic N) is 2. The van der Waals surface area contributed by atoms with Crippen molar-refractivity contribution in [3.63, 3.8) is 0 Å². The minimum atomic E-state index is 1.16. The zero-order valence-electron chi connectivity index (χ0n) is 10.6. The third-order valence-electron chi connectivity index (χ3n) is 4.14. The number of rotatable bonds is 3. The number of benzene rings is 1. The van der Waals surface area contributed by atoms with Crippen LogP contribution in [-0.2, 0) is 13.0 Å². The van der Waals surface area contributed by atoms with Gasteiger partial charge in [-0.2, -0.15) is 0 Å². The highest BCUT2D eigenvalue weighted by molar-refractivity contribution is 5.28. The predicted octanol–water partition coefficient (Wildman–Crippen LogP) is 2.14. The third kappa shape index (κ3) is 2.70. The number of fused-ring (bicyclic) bond motifs is 1. The van der Waals surface area contributed by atoms with Crippen LogP contribution in [0.2, 0.25) is 0 Å². The Labute approximate surface area is 104 Å². The van der Waals surface area contributed by atoms with Gasteiger partial charge in [-0.15, -0.1) is 0 Å². The fraction of sp³-hybridized carbons (Fsp3) is 0.600. The molecule has 0 unspecified atom stereocenters. The highest BCUT2D eigenvalue weighted by Crippen LogP contribution is 2.18. The molecular formula is C15H22N2. The van der Waals surface area contributed by atoms with Gasteiger partial charge in [0, 0.05) is 26.2 Å². The normalized spacial score (nSPS) is 21.6. The second kappa shape index (κ2) is 5.19. The molecule has 0 aliphatic carbocycles. The molecule has 2 aliphatic rings. The average molecular weight is 230 g/mol. The summed E-state index contributed by atoms with van der Waals surface area (Å²) in [4.78, 5) is 5.22. The first kappa shape index (κ1) is 11.2. The first-order chi connectivity index (χ1) is 8.42. The molecular weight excluding hydrogens is 208 g/mol. The lowest BCUT2D eigenvalue weighted by Gasteiger charge is -2.30. The standard InChI is InChI=1S/C15H22N2/c1-2-6-15-13-17(10-7-14(15)5-1)12-11-16-8-3-4-9-16/h1-2,5-6H,3-4,7-13H2. The fourth-order valence-corrected chi connectivity index (χ4v) is 3.03. The molecule has 2 aliphatic heterocycles. The molecule has 1 aromatic rings. The summed E-state index contributed by atoms with van der Waals surface area (Å²) in [5.41, 5.74) is 3.10. The van der Waals surface area contributed by atoms with E-state index in [2.05, 4.69) is 34.1 Å². The van der Waals surface area contributed by atoms with Crippen molar-refractivity contribution in [2.75, 3.05) is 32.7 Å². The second-order valence-electron chi connectivity index (χ2n) is 5.34. The second-order valence-corrected chi connectivity index (χ2v) is 5.34. The molecule has 0 saturated carbocycles. The molecule has 1 fully saturated rings. The van der Waals surface area contributed by atoms with Crippen LogP contribution < -0.4 is 0 Å². The van der Waals surface area contributed by atoms with Crippen molar-refractivity contribution in [2.45, 2.75) is 25.8 Å². The molecule has 92 valence electrons. The maximum atomic E-state index is 2.61. The molecule has 0 N–H and O–H groups in total. The molecule has 0 atom stereocenters. The highest BCUT2D eigenvalue weighted by atomic mass is 15.2. The maximum absolute atomic E-state index is 2.61. The van der Waals surface area contributed by atoms with E-state index < -0.39 is 0 Å². The Morgan fingerprint density at radius 3 is 2.35 bits per heavy atom. The molecule has 1 saturated heterocycles. The quantitative estimate of drug-likeness (QED) is 0.785. The summed E-state index contributed by atoms with van der Waals surface area (Å²) in [6.45, 7) is 7.56. The van der Waals surface area contributed by atoms with Crippen molar-refractivity contribution < 1.29 is 0 Å². The lowest BCUT2D eigenvalue weighted by Crippen LogP contribution is -2.37. The van der Waals surface area contributed by atoms with Gasteiger partial charge in [-0.25, -0.2) is 0 Å². The van der Waals surface area contributed by atoms with Gasteiger partial charge in [0.15, 0.2) is 0 Å². The van der Waals surface area contributed by atoms with E-state index in [0.717, 1.165) is 6.54 Å². The van der Waals surface area contributed by atoms with Gasteiger partial charge in [-0.3, -0.25) is 4.90 Å².